The fourth-order valence-electron chi connectivity index (χ4n) is 3.81. The summed E-state index contributed by atoms with van der Waals surface area (Å²) in [5, 5.41) is 11.8. The molecule has 186 valence electrons. The highest BCUT2D eigenvalue weighted by atomic mass is 32.1. The normalized spacial score (nSPS) is 11.7. The summed E-state index contributed by atoms with van der Waals surface area (Å²) in [5.74, 6) is 0.490. The molecular weight excluding hydrogens is 479 g/mol. The predicted octanol–water partition coefficient (Wildman–Crippen LogP) is 5.77. The highest BCUT2D eigenvalue weighted by Crippen LogP contribution is 2.32. The van der Waals surface area contributed by atoms with Crippen LogP contribution in [0, 0.1) is 5.82 Å². The number of nitrogens with zero attached hydrogens (tertiary/aromatic N) is 2. The Morgan fingerprint density at radius 3 is 2.50 bits per heavy atom. The second-order valence-electron chi connectivity index (χ2n) is 8.19. The molecule has 3 aromatic carbocycles. The second kappa shape index (κ2) is 11.8. The van der Waals surface area contributed by atoms with Crippen molar-refractivity contribution in [1.29, 1.82) is 0 Å². The smallest absolute Gasteiger partial charge is 0.254 e. The largest absolute Gasteiger partial charge is 0.493 e. The monoisotopic (exact) mass is 506 g/mol. The lowest BCUT2D eigenvalue weighted by Gasteiger charge is -2.30. The second-order valence-corrected chi connectivity index (χ2v) is 9.13. The molecule has 0 bridgehead atoms. The molecule has 0 radical (unpaired) electrons. The van der Waals surface area contributed by atoms with E-state index in [1.807, 2.05) is 49.4 Å². The Morgan fingerprint density at radius 1 is 1.08 bits per heavy atom. The van der Waals surface area contributed by atoms with Gasteiger partial charge in [-0.25, -0.2) is 9.37 Å². The van der Waals surface area contributed by atoms with E-state index in [1.165, 1.54) is 35.6 Å². The Balaban J connectivity index is 1.61. The average Bonchev–Trinajstić information content (AvgIpc) is 3.39. The van der Waals surface area contributed by atoms with Crippen molar-refractivity contribution in [3.8, 4) is 11.5 Å². The first-order valence-corrected chi connectivity index (χ1v) is 12.3. The minimum absolute atomic E-state index is 0.118. The van der Waals surface area contributed by atoms with E-state index < -0.39 is 5.82 Å². The molecule has 0 aliphatic heterocycles. The van der Waals surface area contributed by atoms with Gasteiger partial charge in [-0.1, -0.05) is 36.4 Å². The van der Waals surface area contributed by atoms with Crippen LogP contribution in [0.5, 0.6) is 11.5 Å². The Morgan fingerprint density at radius 2 is 1.83 bits per heavy atom. The van der Waals surface area contributed by atoms with Crippen LogP contribution in [0.25, 0.3) is 0 Å². The van der Waals surface area contributed by atoms with E-state index >= 15 is 0 Å². The van der Waals surface area contributed by atoms with E-state index in [2.05, 4.69) is 4.98 Å². The molecule has 6 nitrogen and oxygen atoms in total. The number of thiazole rings is 1. The topological polar surface area (TPSA) is 71.9 Å². The number of rotatable bonds is 10. The summed E-state index contributed by atoms with van der Waals surface area (Å²) in [7, 11) is 1.57. The number of hydrogen-bond acceptors (Lipinski definition) is 6. The number of methoxy groups -OCH3 is 1. The summed E-state index contributed by atoms with van der Waals surface area (Å²) >= 11 is 1.41. The van der Waals surface area contributed by atoms with E-state index in [9.17, 15) is 14.3 Å². The third kappa shape index (κ3) is 6.08. The van der Waals surface area contributed by atoms with Gasteiger partial charge in [-0.2, -0.15) is 0 Å². The maximum atomic E-state index is 13.5. The van der Waals surface area contributed by atoms with Gasteiger partial charge in [-0.3, -0.25) is 4.79 Å². The summed E-state index contributed by atoms with van der Waals surface area (Å²) in [6.07, 6.45) is 0. The molecule has 36 heavy (non-hydrogen) atoms. The Labute approximate surface area is 213 Å². The van der Waals surface area contributed by atoms with Crippen LogP contribution in [-0.4, -0.2) is 28.0 Å². The van der Waals surface area contributed by atoms with Gasteiger partial charge in [0.05, 0.1) is 25.5 Å². The van der Waals surface area contributed by atoms with Crippen molar-refractivity contribution in [3.05, 3.63) is 111 Å². The number of aliphatic hydroxyl groups is 1. The predicted molar refractivity (Wildman–Crippen MR) is 136 cm³/mol. The maximum Gasteiger partial charge on any atom is 0.254 e. The van der Waals surface area contributed by atoms with Gasteiger partial charge in [0.15, 0.2) is 11.5 Å². The van der Waals surface area contributed by atoms with E-state index in [0.29, 0.717) is 29.3 Å². The summed E-state index contributed by atoms with van der Waals surface area (Å²) in [6.45, 7) is 2.38. The summed E-state index contributed by atoms with van der Waals surface area (Å²) < 4.78 is 24.9. The molecule has 1 heterocycles. The molecule has 0 fully saturated rings. The van der Waals surface area contributed by atoms with E-state index in [-0.39, 0.29) is 25.2 Å². The van der Waals surface area contributed by atoms with Crippen LogP contribution in [-0.2, 0) is 19.8 Å². The average molecular weight is 507 g/mol. The molecular formula is C28H27FN2O4S. The quantitative estimate of drug-likeness (QED) is 0.296. The highest BCUT2D eigenvalue weighted by Gasteiger charge is 2.24. The van der Waals surface area contributed by atoms with E-state index in [1.54, 1.807) is 23.5 Å². The third-order valence-electron chi connectivity index (χ3n) is 5.79. The van der Waals surface area contributed by atoms with Gasteiger partial charge in [0.25, 0.3) is 5.91 Å². The van der Waals surface area contributed by atoms with Crippen LogP contribution < -0.4 is 9.47 Å². The van der Waals surface area contributed by atoms with Crippen LogP contribution in [0.4, 0.5) is 4.39 Å². The molecule has 4 aromatic rings. The van der Waals surface area contributed by atoms with Gasteiger partial charge in [-0.15, -0.1) is 11.3 Å². The van der Waals surface area contributed by atoms with Gasteiger partial charge in [0.2, 0.25) is 0 Å². The molecule has 1 atom stereocenters. The number of aromatic nitrogens is 1. The standard InChI is InChI=1S/C28H27FN2O4S/c1-19(21-6-4-3-5-7-21)31(28(33)22-9-11-23(29)12-10-22)15-20-8-13-25(34-2)26(14-20)35-17-27-30-24(16-32)18-36-27/h3-14,18-19,32H,15-17H2,1-2H3. The molecule has 0 saturated heterocycles. The third-order valence-corrected chi connectivity index (χ3v) is 6.67. The van der Waals surface area contributed by atoms with Crippen molar-refractivity contribution in [3.63, 3.8) is 0 Å². The highest BCUT2D eigenvalue weighted by molar-refractivity contribution is 7.09. The van der Waals surface area contributed by atoms with Crippen molar-refractivity contribution in [2.75, 3.05) is 7.11 Å². The van der Waals surface area contributed by atoms with Gasteiger partial charge >= 0.3 is 0 Å². The molecule has 1 N–H and O–H groups in total. The number of hydrogen-bond donors (Lipinski definition) is 1. The Kier molecular flexibility index (Phi) is 8.30. The van der Waals surface area contributed by atoms with E-state index in [4.69, 9.17) is 9.47 Å². The van der Waals surface area contributed by atoms with Gasteiger partial charge < -0.3 is 19.5 Å². The van der Waals surface area contributed by atoms with Gasteiger partial charge in [0.1, 0.15) is 17.4 Å². The van der Waals surface area contributed by atoms with Crippen molar-refractivity contribution < 1.29 is 23.8 Å². The first-order valence-electron chi connectivity index (χ1n) is 11.4. The molecule has 1 aromatic heterocycles. The molecule has 4 rings (SSSR count). The molecule has 0 aliphatic rings. The number of carbonyl (C=O) groups is 1. The van der Waals surface area contributed by atoms with Crippen LogP contribution in [0.3, 0.4) is 0 Å². The van der Waals surface area contributed by atoms with Crippen molar-refractivity contribution in [2.24, 2.45) is 0 Å². The summed E-state index contributed by atoms with van der Waals surface area (Å²) in [4.78, 5) is 19.6. The minimum atomic E-state index is -0.391. The van der Waals surface area contributed by atoms with Crippen LogP contribution >= 0.6 is 11.3 Å². The zero-order chi connectivity index (χ0) is 25.5. The lowest BCUT2D eigenvalue weighted by atomic mass is 10.0. The van der Waals surface area contributed by atoms with Gasteiger partial charge in [-0.05, 0) is 54.4 Å². The first-order chi connectivity index (χ1) is 17.5. The maximum absolute atomic E-state index is 13.5. The SMILES string of the molecule is COc1ccc(CN(C(=O)c2ccc(F)cc2)C(C)c2ccccc2)cc1OCc1nc(CO)cs1. The molecule has 0 saturated carbocycles. The molecule has 1 amide bonds. The van der Waals surface area contributed by atoms with E-state index in [0.717, 1.165) is 16.1 Å². The fourth-order valence-corrected chi connectivity index (χ4v) is 4.51. The van der Waals surface area contributed by atoms with Crippen molar-refractivity contribution in [1.82, 2.24) is 9.88 Å². The molecule has 0 spiro atoms. The fraction of sp³-hybridized carbons (Fsp3) is 0.214. The summed E-state index contributed by atoms with van der Waals surface area (Å²) in [5.41, 5.74) is 2.84. The first kappa shape index (κ1) is 25.3. The Bertz CT molecular complexity index is 1290. The minimum Gasteiger partial charge on any atom is -0.493 e. The number of aliphatic hydroxyl groups excluding tert-OH is 1. The Hall–Kier alpha value is -3.75. The summed E-state index contributed by atoms with van der Waals surface area (Å²) in [6, 6.07) is 20.7. The lowest BCUT2D eigenvalue weighted by Crippen LogP contribution is -2.33. The number of benzene rings is 3. The number of amides is 1. The molecule has 8 heteroatoms. The number of halogens is 1. The number of ether oxygens (including phenoxy) is 2. The molecule has 1 unspecified atom stereocenters. The lowest BCUT2D eigenvalue weighted by molar-refractivity contribution is 0.0674. The van der Waals surface area contributed by atoms with Gasteiger partial charge in [0, 0.05) is 17.5 Å². The van der Waals surface area contributed by atoms with Crippen LogP contribution in [0.15, 0.2) is 78.2 Å². The van der Waals surface area contributed by atoms with Crippen molar-refractivity contribution in [2.45, 2.75) is 32.7 Å². The van der Waals surface area contributed by atoms with Crippen molar-refractivity contribution >= 4 is 17.2 Å². The zero-order valence-electron chi connectivity index (χ0n) is 20.1. The zero-order valence-corrected chi connectivity index (χ0v) is 20.9. The van der Waals surface area contributed by atoms with Crippen LogP contribution in [0.1, 0.15) is 45.2 Å². The van der Waals surface area contributed by atoms with Crippen LogP contribution in [0.2, 0.25) is 0 Å². The number of carbonyl (C=O) groups excluding carboxylic acids is 1. The molecule has 0 aliphatic carbocycles.